The Hall–Kier alpha value is -2.41. The molecule has 0 saturated heterocycles. The maximum absolute atomic E-state index is 15.7. The van der Waals surface area contributed by atoms with Crippen molar-refractivity contribution in [2.24, 2.45) is 0 Å². The molecule has 0 radical (unpaired) electrons. The first-order chi connectivity index (χ1) is 13.7. The SMILES string of the molecule is C=CCCc1ccc(C(CCCCC)C(F)c2ccc3ccccc3c2)cc1. The van der Waals surface area contributed by atoms with Crippen LogP contribution in [-0.2, 0) is 6.42 Å². The van der Waals surface area contributed by atoms with Gasteiger partial charge in [0, 0.05) is 5.92 Å². The second-order valence-corrected chi connectivity index (χ2v) is 7.68. The summed E-state index contributed by atoms with van der Waals surface area (Å²) < 4.78 is 15.7. The molecule has 0 spiro atoms. The third-order valence-corrected chi connectivity index (χ3v) is 5.61. The largest absolute Gasteiger partial charge is 0.242 e. The molecule has 0 fully saturated rings. The standard InChI is InChI=1S/C27H31F/c1-3-5-7-13-26(23-16-14-21(15-17-23)10-6-4-2)27(28)25-19-18-22-11-8-9-12-24(22)20-25/h4,8-9,11-12,14-20,26-27H,2-3,5-7,10,13H2,1H3. The number of rotatable bonds is 10. The number of halogens is 1. The highest BCUT2D eigenvalue weighted by Gasteiger charge is 2.24. The van der Waals surface area contributed by atoms with E-state index in [1.807, 2.05) is 36.4 Å². The van der Waals surface area contributed by atoms with Crippen molar-refractivity contribution in [2.45, 2.75) is 57.5 Å². The summed E-state index contributed by atoms with van der Waals surface area (Å²) in [6.45, 7) is 5.99. The van der Waals surface area contributed by atoms with Crippen molar-refractivity contribution < 1.29 is 4.39 Å². The molecule has 0 aliphatic rings. The molecule has 0 N–H and O–H groups in total. The second-order valence-electron chi connectivity index (χ2n) is 7.68. The Kier molecular flexibility index (Phi) is 7.42. The number of hydrogen-bond donors (Lipinski definition) is 0. The Morgan fingerprint density at radius 1 is 0.893 bits per heavy atom. The highest BCUT2D eigenvalue weighted by atomic mass is 19.1. The molecular weight excluding hydrogens is 343 g/mol. The van der Waals surface area contributed by atoms with E-state index in [2.05, 4.69) is 49.9 Å². The van der Waals surface area contributed by atoms with Crippen LogP contribution in [0.25, 0.3) is 10.8 Å². The predicted molar refractivity (Wildman–Crippen MR) is 120 cm³/mol. The van der Waals surface area contributed by atoms with Crippen LogP contribution in [-0.4, -0.2) is 0 Å². The van der Waals surface area contributed by atoms with Crippen LogP contribution in [0.4, 0.5) is 4.39 Å². The van der Waals surface area contributed by atoms with Gasteiger partial charge in [0.15, 0.2) is 0 Å². The molecule has 0 aromatic heterocycles. The number of hydrogen-bond acceptors (Lipinski definition) is 0. The zero-order chi connectivity index (χ0) is 19.8. The van der Waals surface area contributed by atoms with Gasteiger partial charge >= 0.3 is 0 Å². The molecular formula is C27H31F. The molecule has 3 aromatic rings. The molecule has 1 heteroatoms. The molecule has 0 aliphatic carbocycles. The van der Waals surface area contributed by atoms with Gasteiger partial charge in [0.05, 0.1) is 0 Å². The van der Waals surface area contributed by atoms with Crippen molar-refractivity contribution in [3.63, 3.8) is 0 Å². The first-order valence-electron chi connectivity index (χ1n) is 10.6. The number of fused-ring (bicyclic) bond motifs is 1. The van der Waals surface area contributed by atoms with Crippen LogP contribution in [0.3, 0.4) is 0 Å². The monoisotopic (exact) mass is 374 g/mol. The van der Waals surface area contributed by atoms with Crippen LogP contribution >= 0.6 is 0 Å². The molecule has 146 valence electrons. The van der Waals surface area contributed by atoms with Gasteiger partial charge in [0.25, 0.3) is 0 Å². The van der Waals surface area contributed by atoms with E-state index in [0.29, 0.717) is 0 Å². The van der Waals surface area contributed by atoms with E-state index in [0.717, 1.165) is 60.4 Å². The number of aryl methyl sites for hydroxylation is 1. The van der Waals surface area contributed by atoms with Crippen molar-refractivity contribution in [1.29, 1.82) is 0 Å². The van der Waals surface area contributed by atoms with Gasteiger partial charge in [-0.05, 0) is 52.8 Å². The van der Waals surface area contributed by atoms with Crippen LogP contribution in [0.15, 0.2) is 79.4 Å². The number of unbranched alkanes of at least 4 members (excludes halogenated alkanes) is 2. The second kappa shape index (κ2) is 10.2. The number of alkyl halides is 1. The van der Waals surface area contributed by atoms with Gasteiger partial charge in [0.2, 0.25) is 0 Å². The van der Waals surface area contributed by atoms with Gasteiger partial charge in [0.1, 0.15) is 6.17 Å². The fourth-order valence-electron chi connectivity index (χ4n) is 3.91. The fraction of sp³-hybridized carbons (Fsp3) is 0.333. The van der Waals surface area contributed by atoms with Gasteiger partial charge < -0.3 is 0 Å². The minimum Gasteiger partial charge on any atom is -0.242 e. The third kappa shape index (κ3) is 5.10. The van der Waals surface area contributed by atoms with E-state index in [4.69, 9.17) is 0 Å². The Morgan fingerprint density at radius 2 is 1.61 bits per heavy atom. The minimum atomic E-state index is -0.986. The molecule has 0 amide bonds. The van der Waals surface area contributed by atoms with Crippen LogP contribution < -0.4 is 0 Å². The molecule has 28 heavy (non-hydrogen) atoms. The zero-order valence-corrected chi connectivity index (χ0v) is 16.9. The number of allylic oxidation sites excluding steroid dienone is 1. The molecule has 0 saturated carbocycles. The van der Waals surface area contributed by atoms with E-state index in [9.17, 15) is 0 Å². The molecule has 0 heterocycles. The summed E-state index contributed by atoms with van der Waals surface area (Å²) in [5.41, 5.74) is 3.19. The molecule has 0 aliphatic heterocycles. The molecule has 3 rings (SSSR count). The quantitative estimate of drug-likeness (QED) is 0.247. The van der Waals surface area contributed by atoms with Crippen LogP contribution in [0.1, 0.15) is 67.8 Å². The predicted octanol–water partition coefficient (Wildman–Crippen LogP) is 8.33. The van der Waals surface area contributed by atoms with Gasteiger partial charge in [-0.25, -0.2) is 4.39 Å². The Morgan fingerprint density at radius 3 is 2.32 bits per heavy atom. The lowest BCUT2D eigenvalue weighted by atomic mass is 9.85. The smallest absolute Gasteiger partial charge is 0.132 e. The Bertz CT molecular complexity index is 878. The zero-order valence-electron chi connectivity index (χ0n) is 16.9. The fourth-order valence-corrected chi connectivity index (χ4v) is 3.91. The first kappa shape index (κ1) is 20.3. The Balaban J connectivity index is 1.85. The molecule has 2 atom stereocenters. The summed E-state index contributed by atoms with van der Waals surface area (Å²) in [4.78, 5) is 0. The van der Waals surface area contributed by atoms with Crippen molar-refractivity contribution in [3.8, 4) is 0 Å². The molecule has 2 unspecified atom stereocenters. The van der Waals surface area contributed by atoms with E-state index >= 15 is 4.39 Å². The summed E-state index contributed by atoms with van der Waals surface area (Å²) in [5.74, 6) is -0.0961. The average Bonchev–Trinajstić information content (AvgIpc) is 2.75. The number of benzene rings is 3. The van der Waals surface area contributed by atoms with Gasteiger partial charge in [-0.3, -0.25) is 0 Å². The van der Waals surface area contributed by atoms with E-state index in [-0.39, 0.29) is 5.92 Å². The van der Waals surface area contributed by atoms with Crippen molar-refractivity contribution in [1.82, 2.24) is 0 Å². The van der Waals surface area contributed by atoms with E-state index in [1.165, 1.54) is 5.56 Å². The lowest BCUT2D eigenvalue weighted by Gasteiger charge is -2.23. The lowest BCUT2D eigenvalue weighted by molar-refractivity contribution is 0.273. The van der Waals surface area contributed by atoms with Crippen LogP contribution in [0.2, 0.25) is 0 Å². The highest BCUT2D eigenvalue weighted by Crippen LogP contribution is 2.39. The summed E-state index contributed by atoms with van der Waals surface area (Å²) in [6, 6.07) is 22.8. The Labute approximate surface area is 169 Å². The van der Waals surface area contributed by atoms with Crippen LogP contribution in [0, 0.1) is 0 Å². The van der Waals surface area contributed by atoms with Crippen molar-refractivity contribution >= 4 is 10.8 Å². The maximum atomic E-state index is 15.7. The third-order valence-electron chi connectivity index (χ3n) is 5.61. The molecule has 3 aromatic carbocycles. The van der Waals surface area contributed by atoms with E-state index in [1.54, 1.807) is 0 Å². The summed E-state index contributed by atoms with van der Waals surface area (Å²) in [5, 5.41) is 2.27. The normalized spacial score (nSPS) is 13.4. The van der Waals surface area contributed by atoms with Gasteiger partial charge in [-0.1, -0.05) is 92.9 Å². The molecule has 0 bridgehead atoms. The minimum absolute atomic E-state index is 0.0961. The van der Waals surface area contributed by atoms with Gasteiger partial charge in [-0.2, -0.15) is 0 Å². The van der Waals surface area contributed by atoms with Gasteiger partial charge in [-0.15, -0.1) is 6.58 Å². The van der Waals surface area contributed by atoms with Crippen molar-refractivity contribution in [3.05, 3.63) is 96.1 Å². The first-order valence-corrected chi connectivity index (χ1v) is 10.6. The van der Waals surface area contributed by atoms with E-state index < -0.39 is 6.17 Å². The lowest BCUT2D eigenvalue weighted by Crippen LogP contribution is -2.08. The average molecular weight is 375 g/mol. The highest BCUT2D eigenvalue weighted by molar-refractivity contribution is 5.83. The van der Waals surface area contributed by atoms with Crippen molar-refractivity contribution in [2.75, 3.05) is 0 Å². The topological polar surface area (TPSA) is 0 Å². The summed E-state index contributed by atoms with van der Waals surface area (Å²) in [6.07, 6.45) is 7.18. The summed E-state index contributed by atoms with van der Waals surface area (Å²) >= 11 is 0. The van der Waals surface area contributed by atoms with Crippen LogP contribution in [0.5, 0.6) is 0 Å². The summed E-state index contributed by atoms with van der Waals surface area (Å²) in [7, 11) is 0. The maximum Gasteiger partial charge on any atom is 0.132 e. The molecule has 0 nitrogen and oxygen atoms in total.